The van der Waals surface area contributed by atoms with Crippen molar-refractivity contribution in [3.63, 3.8) is 0 Å². The molecule has 1 aromatic carbocycles. The fourth-order valence-electron chi connectivity index (χ4n) is 5.19. The Hall–Kier alpha value is -2.33. The van der Waals surface area contributed by atoms with Crippen molar-refractivity contribution in [2.75, 3.05) is 38.6 Å². The van der Waals surface area contributed by atoms with Crippen LogP contribution >= 0.6 is 0 Å². The molecule has 3 rings (SSSR count). The van der Waals surface area contributed by atoms with Gasteiger partial charge in [0.05, 0.1) is 24.6 Å². The van der Waals surface area contributed by atoms with Gasteiger partial charge in [-0.25, -0.2) is 0 Å². The topological polar surface area (TPSA) is 82.1 Å². The summed E-state index contributed by atoms with van der Waals surface area (Å²) >= 11 is 0. The van der Waals surface area contributed by atoms with Crippen LogP contribution in [0.1, 0.15) is 69.2 Å². The predicted octanol–water partition coefficient (Wildman–Crippen LogP) is 4.70. The van der Waals surface area contributed by atoms with Crippen molar-refractivity contribution >= 4 is 17.5 Å². The summed E-state index contributed by atoms with van der Waals surface area (Å²) in [6, 6.07) is 4.12. The zero-order valence-corrected chi connectivity index (χ0v) is 22.0. The average Bonchev–Trinajstić information content (AvgIpc) is 2.85. The van der Waals surface area contributed by atoms with E-state index in [4.69, 9.17) is 4.74 Å². The van der Waals surface area contributed by atoms with Crippen molar-refractivity contribution in [3.8, 4) is 5.75 Å². The van der Waals surface area contributed by atoms with Gasteiger partial charge in [-0.2, -0.15) is 13.2 Å². The molecule has 1 fully saturated rings. The molecule has 7 nitrogen and oxygen atoms in total. The number of nitrogens with one attached hydrogen (secondary N) is 1. The Morgan fingerprint density at radius 1 is 1.24 bits per heavy atom. The van der Waals surface area contributed by atoms with E-state index < -0.39 is 31.0 Å². The molecule has 0 radical (unpaired) electrons. The van der Waals surface area contributed by atoms with E-state index in [0.717, 1.165) is 6.54 Å². The van der Waals surface area contributed by atoms with Crippen LogP contribution in [0, 0.1) is 11.8 Å². The lowest BCUT2D eigenvalue weighted by Crippen LogP contribution is -2.50. The summed E-state index contributed by atoms with van der Waals surface area (Å²) in [4.78, 5) is 29.4. The zero-order chi connectivity index (χ0) is 27.2. The highest BCUT2D eigenvalue weighted by molar-refractivity contribution is 5.99. The maximum absolute atomic E-state index is 13.5. The number of hydrogen-bond acceptors (Lipinski definition) is 5. The number of alkyl halides is 3. The molecule has 0 aromatic heterocycles. The van der Waals surface area contributed by atoms with Crippen LogP contribution in [-0.4, -0.2) is 78.3 Å². The average molecular weight is 528 g/mol. The lowest BCUT2D eigenvalue weighted by Gasteiger charge is -2.38. The number of carbonyl (C=O) groups is 2. The summed E-state index contributed by atoms with van der Waals surface area (Å²) in [7, 11) is 2.09. The molecule has 2 N–H and O–H groups in total. The number of aliphatic hydroxyl groups is 1. The molecular formula is C27H40F3N3O4. The van der Waals surface area contributed by atoms with E-state index in [1.54, 1.807) is 17.9 Å². The molecule has 1 aliphatic carbocycles. The van der Waals surface area contributed by atoms with E-state index in [2.05, 4.69) is 17.3 Å². The minimum Gasteiger partial charge on any atom is -0.488 e. The number of hydrogen-bond donors (Lipinski definition) is 2. The molecule has 208 valence electrons. The highest BCUT2D eigenvalue weighted by Crippen LogP contribution is 2.31. The fraction of sp³-hybridized carbons (Fsp3) is 0.704. The first-order valence-corrected chi connectivity index (χ1v) is 13.2. The Morgan fingerprint density at radius 2 is 1.95 bits per heavy atom. The van der Waals surface area contributed by atoms with Gasteiger partial charge in [0.15, 0.2) is 0 Å². The first-order chi connectivity index (χ1) is 17.5. The molecule has 3 atom stereocenters. The Balaban J connectivity index is 1.80. The molecule has 37 heavy (non-hydrogen) atoms. The summed E-state index contributed by atoms with van der Waals surface area (Å²) in [6.07, 6.45) is -0.250. The number of halogens is 3. The van der Waals surface area contributed by atoms with Crippen molar-refractivity contribution < 1.29 is 32.6 Å². The molecule has 0 unspecified atom stereocenters. The maximum atomic E-state index is 13.5. The predicted molar refractivity (Wildman–Crippen MR) is 136 cm³/mol. The second kappa shape index (κ2) is 13.0. The Bertz CT molecular complexity index is 921. The number of likely N-dealkylation sites (N-methyl/N-ethyl adjacent to an activating group) is 1. The number of benzene rings is 1. The van der Waals surface area contributed by atoms with E-state index in [1.165, 1.54) is 44.2 Å². The van der Waals surface area contributed by atoms with Crippen molar-refractivity contribution in [2.24, 2.45) is 11.8 Å². The largest absolute Gasteiger partial charge is 0.488 e. The molecule has 0 bridgehead atoms. The van der Waals surface area contributed by atoms with Crippen LogP contribution in [0.15, 0.2) is 18.2 Å². The van der Waals surface area contributed by atoms with Crippen LogP contribution in [0.4, 0.5) is 18.9 Å². The Morgan fingerprint density at radius 3 is 2.59 bits per heavy atom. The maximum Gasteiger partial charge on any atom is 0.389 e. The van der Waals surface area contributed by atoms with Gasteiger partial charge in [0.1, 0.15) is 11.9 Å². The van der Waals surface area contributed by atoms with Gasteiger partial charge in [-0.1, -0.05) is 26.2 Å². The van der Waals surface area contributed by atoms with E-state index >= 15 is 0 Å². The Kier molecular flexibility index (Phi) is 10.2. The normalized spacial score (nSPS) is 22.2. The van der Waals surface area contributed by atoms with Gasteiger partial charge in [-0.3, -0.25) is 9.59 Å². The van der Waals surface area contributed by atoms with Crippen LogP contribution in [0.2, 0.25) is 0 Å². The van der Waals surface area contributed by atoms with E-state index in [0.29, 0.717) is 24.8 Å². The summed E-state index contributed by atoms with van der Waals surface area (Å²) in [5.74, 6) is -0.125. The number of ether oxygens (including phenoxy) is 1. The summed E-state index contributed by atoms with van der Waals surface area (Å²) < 4.78 is 43.8. The summed E-state index contributed by atoms with van der Waals surface area (Å²) in [5, 5.41) is 12.3. The van der Waals surface area contributed by atoms with Gasteiger partial charge in [-0.05, 0) is 50.9 Å². The molecule has 1 saturated carbocycles. The standard InChI is InChI=1S/C27H40F3N3O4/c1-18-14-33(19(2)17-34)26(36)22-13-21(31-25(35)11-12-27(28,29)30)9-10-23(22)37-24(18)16-32(3)15-20-7-5-4-6-8-20/h9-10,13,18-20,24,34H,4-8,11-12,14-17H2,1-3H3,(H,31,35)/t18-,19+,24+/m1/s1. The molecule has 0 spiro atoms. The third-order valence-corrected chi connectivity index (χ3v) is 7.37. The number of fused-ring (bicyclic) bond motifs is 1. The van der Waals surface area contributed by atoms with Crippen molar-refractivity contribution in [1.29, 1.82) is 0 Å². The fourth-order valence-corrected chi connectivity index (χ4v) is 5.19. The third kappa shape index (κ3) is 8.60. The van der Waals surface area contributed by atoms with Crippen LogP contribution in [0.3, 0.4) is 0 Å². The smallest absolute Gasteiger partial charge is 0.389 e. The molecule has 2 aliphatic rings. The number of aliphatic hydroxyl groups excluding tert-OH is 1. The lowest BCUT2D eigenvalue weighted by atomic mass is 9.89. The number of carbonyl (C=O) groups excluding carboxylic acids is 2. The number of anilines is 1. The van der Waals surface area contributed by atoms with Crippen molar-refractivity contribution in [1.82, 2.24) is 9.80 Å². The third-order valence-electron chi connectivity index (χ3n) is 7.37. The summed E-state index contributed by atoms with van der Waals surface area (Å²) in [6.45, 7) is 5.61. The summed E-state index contributed by atoms with van der Waals surface area (Å²) in [5.41, 5.74) is 0.430. The van der Waals surface area contributed by atoms with E-state index in [-0.39, 0.29) is 35.8 Å². The lowest BCUT2D eigenvalue weighted by molar-refractivity contribution is -0.142. The van der Waals surface area contributed by atoms with Gasteiger partial charge < -0.3 is 25.0 Å². The van der Waals surface area contributed by atoms with Gasteiger partial charge in [0.2, 0.25) is 5.91 Å². The van der Waals surface area contributed by atoms with E-state index in [9.17, 15) is 27.9 Å². The molecule has 1 aromatic rings. The first kappa shape index (κ1) is 29.2. The highest BCUT2D eigenvalue weighted by Gasteiger charge is 2.34. The number of rotatable bonds is 9. The van der Waals surface area contributed by atoms with Crippen molar-refractivity contribution in [2.45, 2.75) is 77.1 Å². The Labute approximate surface area is 217 Å². The second-order valence-electron chi connectivity index (χ2n) is 10.7. The quantitative estimate of drug-likeness (QED) is 0.487. The monoisotopic (exact) mass is 527 g/mol. The highest BCUT2D eigenvalue weighted by atomic mass is 19.4. The van der Waals surface area contributed by atoms with Gasteiger partial charge in [0, 0.05) is 37.7 Å². The van der Waals surface area contributed by atoms with Crippen LogP contribution < -0.4 is 10.1 Å². The van der Waals surface area contributed by atoms with Crippen LogP contribution in [-0.2, 0) is 4.79 Å². The molecule has 2 amide bonds. The van der Waals surface area contributed by atoms with Gasteiger partial charge >= 0.3 is 6.18 Å². The number of nitrogens with zero attached hydrogens (tertiary/aromatic N) is 2. The molecular weight excluding hydrogens is 487 g/mol. The van der Waals surface area contributed by atoms with Crippen molar-refractivity contribution in [3.05, 3.63) is 23.8 Å². The minimum absolute atomic E-state index is 0.0124. The zero-order valence-electron chi connectivity index (χ0n) is 22.0. The molecule has 10 heteroatoms. The molecule has 0 saturated heterocycles. The number of amides is 2. The SMILES string of the molecule is C[C@@H]1CN([C@@H](C)CO)C(=O)c2cc(NC(=O)CCC(F)(F)F)ccc2O[C@H]1CN(C)CC1CCCCC1. The minimum atomic E-state index is -4.43. The molecule has 1 aliphatic heterocycles. The van der Waals surface area contributed by atoms with Crippen LogP contribution in [0.5, 0.6) is 5.75 Å². The second-order valence-corrected chi connectivity index (χ2v) is 10.7. The van der Waals surface area contributed by atoms with Crippen LogP contribution in [0.25, 0.3) is 0 Å². The van der Waals surface area contributed by atoms with Gasteiger partial charge in [0.25, 0.3) is 5.91 Å². The molecule has 1 heterocycles. The van der Waals surface area contributed by atoms with E-state index in [1.807, 2.05) is 6.92 Å². The first-order valence-electron chi connectivity index (χ1n) is 13.2. The van der Waals surface area contributed by atoms with Gasteiger partial charge in [-0.15, -0.1) is 0 Å².